The summed E-state index contributed by atoms with van der Waals surface area (Å²) < 4.78 is 0. The molecule has 5 heteroatoms. The molecule has 3 nitrogen and oxygen atoms in total. The van der Waals surface area contributed by atoms with Crippen LogP contribution in [0.4, 0.5) is 5.69 Å². The fourth-order valence-corrected chi connectivity index (χ4v) is 3.67. The van der Waals surface area contributed by atoms with E-state index in [0.717, 1.165) is 11.3 Å². The van der Waals surface area contributed by atoms with Gasteiger partial charge in [-0.05, 0) is 47.5 Å². The fraction of sp³-hybridized carbons (Fsp3) is 0.200. The molecule has 0 spiro atoms. The molecule has 128 valence electrons. The summed E-state index contributed by atoms with van der Waals surface area (Å²) in [6, 6.07) is 17.2. The van der Waals surface area contributed by atoms with Gasteiger partial charge in [-0.2, -0.15) is 0 Å². The van der Waals surface area contributed by atoms with Gasteiger partial charge in [-0.25, -0.2) is 4.99 Å². The van der Waals surface area contributed by atoms with E-state index in [9.17, 15) is 4.79 Å². The second-order valence-corrected chi connectivity index (χ2v) is 7.65. The molecular formula is C20H19ClN2OS. The second-order valence-electron chi connectivity index (χ2n) is 6.21. The Balaban J connectivity index is 1.95. The number of halogens is 1. The molecule has 1 saturated heterocycles. The summed E-state index contributed by atoms with van der Waals surface area (Å²) in [5.41, 5.74) is 1.75. The minimum Gasteiger partial charge on any atom is -0.286 e. The molecule has 1 fully saturated rings. The van der Waals surface area contributed by atoms with Gasteiger partial charge in [0.2, 0.25) is 0 Å². The van der Waals surface area contributed by atoms with E-state index in [1.54, 1.807) is 11.0 Å². The number of hydrogen-bond donors (Lipinski definition) is 0. The van der Waals surface area contributed by atoms with Gasteiger partial charge in [0.25, 0.3) is 5.91 Å². The molecule has 0 bridgehead atoms. The van der Waals surface area contributed by atoms with Gasteiger partial charge >= 0.3 is 0 Å². The third kappa shape index (κ3) is 4.53. The number of thioether (sulfide) groups is 1. The predicted octanol–water partition coefficient (Wildman–Crippen LogP) is 5.60. The smallest absolute Gasteiger partial charge is 0.266 e. The first-order valence-electron chi connectivity index (χ1n) is 8.13. The van der Waals surface area contributed by atoms with Crippen molar-refractivity contribution in [1.82, 2.24) is 4.90 Å². The molecule has 25 heavy (non-hydrogen) atoms. The van der Waals surface area contributed by atoms with Crippen LogP contribution in [-0.2, 0) is 4.79 Å². The highest BCUT2D eigenvalue weighted by Gasteiger charge is 2.33. The van der Waals surface area contributed by atoms with Gasteiger partial charge in [-0.3, -0.25) is 9.69 Å². The van der Waals surface area contributed by atoms with Gasteiger partial charge in [0.05, 0.1) is 10.6 Å². The maximum Gasteiger partial charge on any atom is 0.266 e. The number of carbonyl (C=O) groups is 1. The van der Waals surface area contributed by atoms with Crippen LogP contribution < -0.4 is 0 Å². The van der Waals surface area contributed by atoms with Crippen molar-refractivity contribution in [3.8, 4) is 0 Å². The number of aliphatic imine (C=N–C) groups is 1. The van der Waals surface area contributed by atoms with Gasteiger partial charge in [0, 0.05) is 11.6 Å². The van der Waals surface area contributed by atoms with Crippen LogP contribution in [0.2, 0.25) is 5.02 Å². The van der Waals surface area contributed by atoms with E-state index in [4.69, 9.17) is 11.6 Å². The summed E-state index contributed by atoms with van der Waals surface area (Å²) in [6.07, 6.45) is 1.92. The summed E-state index contributed by atoms with van der Waals surface area (Å²) in [7, 11) is 0. The molecule has 1 heterocycles. The van der Waals surface area contributed by atoms with Crippen molar-refractivity contribution in [3.05, 3.63) is 70.1 Å². The van der Waals surface area contributed by atoms with Crippen LogP contribution in [0.5, 0.6) is 0 Å². The summed E-state index contributed by atoms with van der Waals surface area (Å²) >= 11 is 7.46. The molecule has 2 aromatic rings. The van der Waals surface area contributed by atoms with Crippen molar-refractivity contribution in [1.29, 1.82) is 0 Å². The third-order valence-electron chi connectivity index (χ3n) is 3.57. The Kier molecular flexibility index (Phi) is 5.61. The zero-order valence-electron chi connectivity index (χ0n) is 14.1. The molecule has 0 aliphatic carbocycles. The quantitative estimate of drug-likeness (QED) is 0.656. The van der Waals surface area contributed by atoms with Gasteiger partial charge < -0.3 is 0 Å². The Morgan fingerprint density at radius 3 is 2.60 bits per heavy atom. The zero-order chi connectivity index (χ0) is 17.8. The van der Waals surface area contributed by atoms with E-state index < -0.39 is 0 Å². The van der Waals surface area contributed by atoms with E-state index in [0.29, 0.717) is 27.6 Å². The summed E-state index contributed by atoms with van der Waals surface area (Å²) in [5, 5.41) is 1.33. The highest BCUT2D eigenvalue weighted by molar-refractivity contribution is 8.18. The average molecular weight is 371 g/mol. The zero-order valence-corrected chi connectivity index (χ0v) is 15.7. The van der Waals surface area contributed by atoms with Crippen LogP contribution in [0, 0.1) is 5.92 Å². The van der Waals surface area contributed by atoms with Crippen LogP contribution in [-0.4, -0.2) is 22.5 Å². The van der Waals surface area contributed by atoms with Crippen molar-refractivity contribution in [2.24, 2.45) is 10.9 Å². The van der Waals surface area contributed by atoms with Gasteiger partial charge in [0.1, 0.15) is 0 Å². The third-order valence-corrected chi connectivity index (χ3v) is 4.81. The monoisotopic (exact) mass is 370 g/mol. The molecule has 2 aromatic carbocycles. The second kappa shape index (κ2) is 7.89. The standard InChI is InChI=1S/C20H19ClN2OS/c1-14(2)13-23-19(24)18(11-15-7-4-3-5-8-15)25-20(23)22-17-10-6-9-16(21)12-17/h3-12,14H,13H2,1-2H3/b18-11+,22-20?. The minimum absolute atomic E-state index is 0.00308. The van der Waals surface area contributed by atoms with E-state index in [1.165, 1.54) is 11.8 Å². The van der Waals surface area contributed by atoms with Crippen LogP contribution in [0.15, 0.2) is 64.5 Å². The summed E-state index contributed by atoms with van der Waals surface area (Å²) in [5.74, 6) is 0.355. The van der Waals surface area contributed by atoms with E-state index >= 15 is 0 Å². The Morgan fingerprint density at radius 1 is 1.16 bits per heavy atom. The molecule has 3 rings (SSSR count). The maximum absolute atomic E-state index is 12.8. The van der Waals surface area contributed by atoms with E-state index in [2.05, 4.69) is 18.8 Å². The lowest BCUT2D eigenvalue weighted by Crippen LogP contribution is -2.32. The molecule has 0 radical (unpaired) electrons. The number of rotatable bonds is 4. The number of amides is 1. The average Bonchev–Trinajstić information content (AvgIpc) is 2.84. The lowest BCUT2D eigenvalue weighted by Gasteiger charge is -2.17. The first kappa shape index (κ1) is 17.8. The molecule has 0 unspecified atom stereocenters. The Hall–Kier alpha value is -2.04. The van der Waals surface area contributed by atoms with Gasteiger partial charge in [-0.1, -0.05) is 61.8 Å². The van der Waals surface area contributed by atoms with Gasteiger partial charge in [-0.15, -0.1) is 0 Å². The maximum atomic E-state index is 12.8. The Bertz CT molecular complexity index is 831. The first-order valence-corrected chi connectivity index (χ1v) is 9.33. The van der Waals surface area contributed by atoms with Crippen LogP contribution >= 0.6 is 23.4 Å². The number of hydrogen-bond acceptors (Lipinski definition) is 3. The molecule has 1 amide bonds. The molecule has 0 atom stereocenters. The number of benzene rings is 2. The molecule has 1 aliphatic rings. The van der Waals surface area contributed by atoms with Crippen LogP contribution in [0.1, 0.15) is 19.4 Å². The lowest BCUT2D eigenvalue weighted by atomic mass is 10.2. The highest BCUT2D eigenvalue weighted by Crippen LogP contribution is 2.34. The predicted molar refractivity (Wildman–Crippen MR) is 107 cm³/mol. The largest absolute Gasteiger partial charge is 0.286 e. The Labute approximate surface area is 157 Å². The molecule has 0 saturated carbocycles. The summed E-state index contributed by atoms with van der Waals surface area (Å²) in [4.78, 5) is 19.9. The topological polar surface area (TPSA) is 32.7 Å². The highest BCUT2D eigenvalue weighted by atomic mass is 35.5. The van der Waals surface area contributed by atoms with Crippen molar-refractivity contribution >= 4 is 46.2 Å². The first-order chi connectivity index (χ1) is 12.0. The van der Waals surface area contributed by atoms with E-state index in [-0.39, 0.29) is 5.91 Å². The number of nitrogens with zero attached hydrogens (tertiary/aromatic N) is 2. The lowest BCUT2D eigenvalue weighted by molar-refractivity contribution is -0.122. The SMILES string of the molecule is CC(C)CN1C(=O)/C(=C\c2ccccc2)SC1=Nc1cccc(Cl)c1. The number of amidine groups is 1. The molecule has 0 aromatic heterocycles. The normalized spacial score (nSPS) is 17.9. The van der Waals surface area contributed by atoms with E-state index in [1.807, 2.05) is 54.6 Å². The number of carbonyl (C=O) groups excluding carboxylic acids is 1. The fourth-order valence-electron chi connectivity index (χ4n) is 2.47. The van der Waals surface area contributed by atoms with Crippen molar-refractivity contribution < 1.29 is 4.79 Å². The van der Waals surface area contributed by atoms with Crippen molar-refractivity contribution in [2.75, 3.05) is 6.54 Å². The summed E-state index contributed by atoms with van der Waals surface area (Å²) in [6.45, 7) is 4.82. The van der Waals surface area contributed by atoms with Crippen LogP contribution in [0.3, 0.4) is 0 Å². The van der Waals surface area contributed by atoms with Gasteiger partial charge in [0.15, 0.2) is 5.17 Å². The van der Waals surface area contributed by atoms with Crippen molar-refractivity contribution in [3.63, 3.8) is 0 Å². The Morgan fingerprint density at radius 2 is 1.92 bits per heavy atom. The molecule has 0 N–H and O–H groups in total. The van der Waals surface area contributed by atoms with Crippen molar-refractivity contribution in [2.45, 2.75) is 13.8 Å². The molecular weight excluding hydrogens is 352 g/mol. The van der Waals surface area contributed by atoms with Crippen LogP contribution in [0.25, 0.3) is 6.08 Å². The minimum atomic E-state index is 0.00308. The molecule has 1 aliphatic heterocycles.